The second-order valence-corrected chi connectivity index (χ2v) is 15.0. The first-order chi connectivity index (χ1) is 24.6. The third kappa shape index (κ3) is 23.6. The van der Waals surface area contributed by atoms with E-state index >= 15 is 0 Å². The van der Waals surface area contributed by atoms with E-state index in [2.05, 4.69) is 18.6 Å². The molecule has 0 bridgehead atoms. The molecule has 0 spiro atoms. The number of aliphatic hydroxyl groups is 4. The van der Waals surface area contributed by atoms with E-state index < -0.39 is 47.9 Å². The molecule has 51 heavy (non-hydrogen) atoms. The van der Waals surface area contributed by atoms with Crippen LogP contribution in [0.1, 0.15) is 219 Å². The predicted molar refractivity (Wildman–Crippen MR) is 204 cm³/mol. The van der Waals surface area contributed by atoms with Crippen LogP contribution < -0.4 is 0 Å². The molecule has 0 saturated heterocycles. The zero-order chi connectivity index (χ0) is 38.1. The molecule has 0 rings (SSSR count). The highest BCUT2D eigenvalue weighted by Crippen LogP contribution is 2.20. The van der Waals surface area contributed by atoms with Gasteiger partial charge in [-0.05, 0) is 12.8 Å². The third-order valence-electron chi connectivity index (χ3n) is 10.3. The van der Waals surface area contributed by atoms with Gasteiger partial charge in [-0.1, -0.05) is 194 Å². The minimum Gasteiger partial charge on any atom is -0.392 e. The fourth-order valence-corrected chi connectivity index (χ4v) is 6.51. The van der Waals surface area contributed by atoms with Crippen LogP contribution in [-0.2, 0) is 23.9 Å². The molecule has 0 fully saturated rings. The first kappa shape index (κ1) is 49.3. The molecule has 300 valence electrons. The number of carbonyl (C=O) groups excluding carboxylic acids is 4. The lowest BCUT2D eigenvalue weighted by atomic mass is 9.93. The molecule has 2 atom stereocenters. The van der Waals surface area contributed by atoms with Gasteiger partial charge >= 0.3 is 11.9 Å². The highest BCUT2D eigenvalue weighted by Gasteiger charge is 2.50. The molecule has 0 aliphatic rings. The monoisotopic (exact) mass is 727 g/mol. The molecule has 0 saturated carbocycles. The van der Waals surface area contributed by atoms with Gasteiger partial charge in [0.25, 0.3) is 0 Å². The SMILES string of the molecule is CCCCCCCCCCCCCCCCCC(=O)C(O)(CO)C(=O)OC(=O)C(O)(CO)C(=O)CCCCCCCCCCCCCCCCC. The van der Waals surface area contributed by atoms with E-state index in [0.29, 0.717) is 25.7 Å². The number of aliphatic hydroxyl groups excluding tert-OH is 2. The summed E-state index contributed by atoms with van der Waals surface area (Å²) in [6.45, 7) is 1.83. The smallest absolute Gasteiger partial charge is 0.356 e. The number of unbranched alkanes of at least 4 members (excludes halogenated alkanes) is 28. The lowest BCUT2D eigenvalue weighted by Crippen LogP contribution is -2.56. The Balaban J connectivity index is 4.25. The van der Waals surface area contributed by atoms with E-state index in [0.717, 1.165) is 38.5 Å². The summed E-state index contributed by atoms with van der Waals surface area (Å²) in [5, 5.41) is 40.5. The Hall–Kier alpha value is -1.68. The van der Waals surface area contributed by atoms with E-state index in [1.807, 2.05) is 0 Å². The lowest BCUT2D eigenvalue weighted by Gasteiger charge is -2.25. The molecule has 9 nitrogen and oxygen atoms in total. The summed E-state index contributed by atoms with van der Waals surface area (Å²) in [6.07, 6.45) is 33.7. The van der Waals surface area contributed by atoms with Crippen molar-refractivity contribution >= 4 is 23.5 Å². The number of hydrogen-bond acceptors (Lipinski definition) is 9. The van der Waals surface area contributed by atoms with E-state index in [4.69, 9.17) is 0 Å². The average molecular weight is 727 g/mol. The number of ether oxygens (including phenoxy) is 1. The Bertz CT molecular complexity index is 822. The largest absolute Gasteiger partial charge is 0.392 e. The number of hydrogen-bond donors (Lipinski definition) is 4. The second kappa shape index (κ2) is 32.9. The van der Waals surface area contributed by atoms with Crippen molar-refractivity contribution in [3.05, 3.63) is 0 Å². The molecular formula is C42H78O9. The maximum absolute atomic E-state index is 12.7. The molecule has 2 unspecified atom stereocenters. The van der Waals surface area contributed by atoms with Gasteiger partial charge < -0.3 is 25.2 Å². The summed E-state index contributed by atoms with van der Waals surface area (Å²) < 4.78 is 4.52. The molecule has 4 N–H and O–H groups in total. The van der Waals surface area contributed by atoms with Gasteiger partial charge in [-0.2, -0.15) is 0 Å². The topological polar surface area (TPSA) is 158 Å². The van der Waals surface area contributed by atoms with Crippen molar-refractivity contribution in [2.45, 2.75) is 231 Å². The summed E-state index contributed by atoms with van der Waals surface area (Å²) in [4.78, 5) is 50.6. The molecule has 0 aliphatic carbocycles. The summed E-state index contributed by atoms with van der Waals surface area (Å²) in [5.41, 5.74) is -6.00. The number of esters is 2. The van der Waals surface area contributed by atoms with Crippen LogP contribution in [0, 0.1) is 0 Å². The van der Waals surface area contributed by atoms with Crippen LogP contribution in [0.4, 0.5) is 0 Å². The Morgan fingerprint density at radius 3 is 0.765 bits per heavy atom. The Kier molecular flexibility index (Phi) is 31.8. The summed E-state index contributed by atoms with van der Waals surface area (Å²) >= 11 is 0. The fraction of sp³-hybridized carbons (Fsp3) is 0.905. The van der Waals surface area contributed by atoms with Crippen molar-refractivity contribution in [1.82, 2.24) is 0 Å². The van der Waals surface area contributed by atoms with Gasteiger partial charge in [0.15, 0.2) is 11.6 Å². The number of Topliss-reactive ketones (excluding diaryl/α,β-unsaturated/α-hetero) is 2. The molecule has 9 heteroatoms. The van der Waals surface area contributed by atoms with Gasteiger partial charge in [-0.3, -0.25) is 9.59 Å². The number of carbonyl (C=O) groups is 4. The molecular weight excluding hydrogens is 648 g/mol. The van der Waals surface area contributed by atoms with Crippen LogP contribution in [0.2, 0.25) is 0 Å². The van der Waals surface area contributed by atoms with Gasteiger partial charge in [0.05, 0.1) is 13.2 Å². The Morgan fingerprint density at radius 2 is 0.569 bits per heavy atom. The molecule has 0 heterocycles. The third-order valence-corrected chi connectivity index (χ3v) is 10.3. The predicted octanol–water partition coefficient (Wildman–Crippen LogP) is 9.16. The second-order valence-electron chi connectivity index (χ2n) is 15.0. The van der Waals surface area contributed by atoms with Gasteiger partial charge in [0.2, 0.25) is 11.2 Å². The van der Waals surface area contributed by atoms with Crippen molar-refractivity contribution in [3.8, 4) is 0 Å². The van der Waals surface area contributed by atoms with Crippen LogP contribution in [-0.4, -0.2) is 68.3 Å². The van der Waals surface area contributed by atoms with E-state index in [1.54, 1.807) is 0 Å². The van der Waals surface area contributed by atoms with Crippen LogP contribution in [0.3, 0.4) is 0 Å². The minimum atomic E-state index is -3.00. The average Bonchev–Trinajstić information content (AvgIpc) is 3.13. The number of rotatable bonds is 38. The van der Waals surface area contributed by atoms with E-state index in [-0.39, 0.29) is 12.8 Å². The maximum Gasteiger partial charge on any atom is 0.356 e. The van der Waals surface area contributed by atoms with Crippen molar-refractivity contribution in [2.24, 2.45) is 0 Å². The Morgan fingerprint density at radius 1 is 0.373 bits per heavy atom. The molecule has 0 aromatic rings. The molecule has 0 aromatic carbocycles. The maximum atomic E-state index is 12.7. The fourth-order valence-electron chi connectivity index (χ4n) is 6.51. The van der Waals surface area contributed by atoms with Gasteiger partial charge in [0.1, 0.15) is 0 Å². The zero-order valence-electron chi connectivity index (χ0n) is 32.9. The van der Waals surface area contributed by atoms with Crippen molar-refractivity contribution in [3.63, 3.8) is 0 Å². The van der Waals surface area contributed by atoms with Crippen molar-refractivity contribution in [1.29, 1.82) is 0 Å². The molecule has 0 aliphatic heterocycles. The molecule has 0 amide bonds. The minimum absolute atomic E-state index is 0.207. The summed E-state index contributed by atoms with van der Waals surface area (Å²) in [7, 11) is 0. The van der Waals surface area contributed by atoms with E-state index in [9.17, 15) is 39.6 Å². The van der Waals surface area contributed by atoms with Crippen LogP contribution in [0.15, 0.2) is 0 Å². The summed E-state index contributed by atoms with van der Waals surface area (Å²) in [5.74, 6) is -5.55. The lowest BCUT2D eigenvalue weighted by molar-refractivity contribution is -0.190. The first-order valence-electron chi connectivity index (χ1n) is 21.1. The number of ketones is 2. The standard InChI is InChI=1S/C42H78O9/c1-3-5-7-9-11-13-15-17-19-21-23-25-27-29-31-33-37(45)41(49,35-43)39(47)51-40(48)42(50,36-44)38(46)34-32-30-28-26-24-22-20-18-16-14-12-10-8-6-4-2/h43-44,49-50H,3-36H2,1-2H3. The highest BCUT2D eigenvalue weighted by atomic mass is 16.6. The normalized spacial score (nSPS) is 13.8. The van der Waals surface area contributed by atoms with Crippen LogP contribution in [0.5, 0.6) is 0 Å². The Labute approximate surface area is 311 Å². The first-order valence-corrected chi connectivity index (χ1v) is 21.1. The molecule has 0 aromatic heterocycles. The van der Waals surface area contributed by atoms with Gasteiger partial charge in [0, 0.05) is 12.8 Å². The van der Waals surface area contributed by atoms with Gasteiger partial charge in [-0.25, -0.2) is 9.59 Å². The van der Waals surface area contributed by atoms with Crippen molar-refractivity contribution in [2.75, 3.05) is 13.2 Å². The zero-order valence-corrected chi connectivity index (χ0v) is 32.9. The van der Waals surface area contributed by atoms with Crippen LogP contribution in [0.25, 0.3) is 0 Å². The quantitative estimate of drug-likeness (QED) is 0.0277. The van der Waals surface area contributed by atoms with Gasteiger partial charge in [-0.15, -0.1) is 0 Å². The van der Waals surface area contributed by atoms with Crippen LogP contribution >= 0.6 is 0 Å². The van der Waals surface area contributed by atoms with Crippen molar-refractivity contribution < 1.29 is 44.3 Å². The molecule has 0 radical (unpaired) electrons. The highest BCUT2D eigenvalue weighted by molar-refractivity contribution is 6.14. The summed E-state index contributed by atoms with van der Waals surface area (Å²) in [6, 6.07) is 0. The van der Waals surface area contributed by atoms with E-state index in [1.165, 1.54) is 128 Å².